The minimum atomic E-state index is -0.967. The number of ketones is 1. The summed E-state index contributed by atoms with van der Waals surface area (Å²) in [6.07, 6.45) is 1.43. The Kier molecular flexibility index (Phi) is 4.73. The number of aryl methyl sites for hydroxylation is 1. The first-order valence-corrected chi connectivity index (χ1v) is 8.17. The molecule has 0 N–H and O–H groups in total. The number of benzene rings is 1. The Labute approximate surface area is 143 Å². The molecule has 6 heteroatoms. The predicted octanol–water partition coefficient (Wildman–Crippen LogP) is 4.11. The van der Waals surface area contributed by atoms with Crippen LogP contribution < -0.4 is 4.74 Å². The van der Waals surface area contributed by atoms with Gasteiger partial charge in [-0.3, -0.25) is 4.79 Å². The van der Waals surface area contributed by atoms with Gasteiger partial charge < -0.3 is 9.15 Å². The van der Waals surface area contributed by atoms with Gasteiger partial charge in [0.25, 0.3) is 0 Å². The fraction of sp³-hybridized carbons (Fsp3) is 0.167. The van der Waals surface area contributed by atoms with Crippen molar-refractivity contribution in [3.8, 4) is 11.8 Å². The van der Waals surface area contributed by atoms with Gasteiger partial charge in [0.15, 0.2) is 11.7 Å². The Morgan fingerprint density at radius 3 is 2.83 bits per heavy atom. The third-order valence-electron chi connectivity index (χ3n) is 3.38. The van der Waals surface area contributed by atoms with E-state index in [1.807, 2.05) is 48.7 Å². The summed E-state index contributed by atoms with van der Waals surface area (Å²) < 4.78 is 11.0. The van der Waals surface area contributed by atoms with E-state index < -0.39 is 11.7 Å². The lowest BCUT2D eigenvalue weighted by Gasteiger charge is -2.07. The highest BCUT2D eigenvalue weighted by Gasteiger charge is 2.29. The van der Waals surface area contributed by atoms with Crippen molar-refractivity contribution in [2.45, 2.75) is 19.4 Å². The Balaban J connectivity index is 1.78. The molecule has 1 atom stereocenters. The molecule has 1 aromatic carbocycles. The average molecular weight is 338 g/mol. The normalized spacial score (nSPS) is 11.7. The van der Waals surface area contributed by atoms with Gasteiger partial charge >= 0.3 is 0 Å². The third-order valence-corrected chi connectivity index (χ3v) is 4.41. The molecular formula is C18H14N2O3S. The number of carbonyl (C=O) groups is 1. The molecule has 3 rings (SSSR count). The van der Waals surface area contributed by atoms with Crippen molar-refractivity contribution in [3.63, 3.8) is 0 Å². The molecule has 0 amide bonds. The molecule has 0 fully saturated rings. The van der Waals surface area contributed by atoms with Crippen LogP contribution in [0.3, 0.4) is 0 Å². The van der Waals surface area contributed by atoms with Crippen molar-refractivity contribution < 1.29 is 13.9 Å². The van der Waals surface area contributed by atoms with Crippen molar-refractivity contribution in [2.24, 2.45) is 0 Å². The van der Waals surface area contributed by atoms with Crippen molar-refractivity contribution in [3.05, 3.63) is 70.1 Å². The number of rotatable bonds is 6. The summed E-state index contributed by atoms with van der Waals surface area (Å²) in [4.78, 5) is 16.9. The van der Waals surface area contributed by atoms with Crippen LogP contribution >= 0.6 is 11.3 Å². The quantitative estimate of drug-likeness (QED) is 0.632. The van der Waals surface area contributed by atoms with Gasteiger partial charge in [0.05, 0.1) is 12.3 Å². The second kappa shape index (κ2) is 7.11. The Morgan fingerprint density at radius 2 is 2.17 bits per heavy atom. The van der Waals surface area contributed by atoms with E-state index in [0.29, 0.717) is 16.3 Å². The SMILES string of the molecule is Cc1csc(C(C#N)C(=O)c2occc2COc2ccccc2)n1. The molecule has 0 spiro atoms. The smallest absolute Gasteiger partial charge is 0.222 e. The predicted molar refractivity (Wildman–Crippen MR) is 89.0 cm³/mol. The number of nitrogens with zero attached hydrogens (tertiary/aromatic N) is 2. The van der Waals surface area contributed by atoms with Crippen molar-refractivity contribution in [1.82, 2.24) is 4.98 Å². The van der Waals surface area contributed by atoms with E-state index in [9.17, 15) is 10.1 Å². The number of aromatic nitrogens is 1. The highest BCUT2D eigenvalue weighted by molar-refractivity contribution is 7.10. The van der Waals surface area contributed by atoms with E-state index in [0.717, 1.165) is 5.69 Å². The van der Waals surface area contributed by atoms with E-state index >= 15 is 0 Å². The Morgan fingerprint density at radius 1 is 1.38 bits per heavy atom. The maximum Gasteiger partial charge on any atom is 0.222 e. The van der Waals surface area contributed by atoms with E-state index in [-0.39, 0.29) is 12.4 Å². The van der Waals surface area contributed by atoms with Gasteiger partial charge in [0, 0.05) is 16.6 Å². The fourth-order valence-corrected chi connectivity index (χ4v) is 3.04. The summed E-state index contributed by atoms with van der Waals surface area (Å²) in [5.74, 6) is -0.524. The number of carbonyl (C=O) groups excluding carboxylic acids is 1. The zero-order valence-corrected chi connectivity index (χ0v) is 13.7. The lowest BCUT2D eigenvalue weighted by Crippen LogP contribution is -2.13. The van der Waals surface area contributed by atoms with E-state index in [2.05, 4.69) is 4.98 Å². The molecule has 24 heavy (non-hydrogen) atoms. The molecule has 0 saturated carbocycles. The van der Waals surface area contributed by atoms with Gasteiger partial charge in [-0.15, -0.1) is 11.3 Å². The average Bonchev–Trinajstić information content (AvgIpc) is 3.23. The Hall–Kier alpha value is -2.91. The molecule has 0 aliphatic carbocycles. The summed E-state index contributed by atoms with van der Waals surface area (Å²) in [7, 11) is 0. The molecule has 120 valence electrons. The van der Waals surface area contributed by atoms with E-state index in [4.69, 9.17) is 9.15 Å². The minimum Gasteiger partial charge on any atom is -0.489 e. The van der Waals surface area contributed by atoms with Crippen LogP contribution in [-0.2, 0) is 6.61 Å². The van der Waals surface area contributed by atoms with Gasteiger partial charge in [-0.1, -0.05) is 18.2 Å². The second-order valence-corrected chi connectivity index (χ2v) is 6.02. The zero-order valence-electron chi connectivity index (χ0n) is 12.9. The lowest BCUT2D eigenvalue weighted by molar-refractivity contribution is 0.0948. The zero-order chi connectivity index (χ0) is 16.9. The molecule has 1 unspecified atom stereocenters. The summed E-state index contributed by atoms with van der Waals surface area (Å²) in [5, 5.41) is 11.7. The molecule has 0 saturated heterocycles. The van der Waals surface area contributed by atoms with Crippen LogP contribution in [0.2, 0.25) is 0 Å². The fourth-order valence-electron chi connectivity index (χ4n) is 2.21. The number of nitriles is 1. The van der Waals surface area contributed by atoms with Crippen molar-refractivity contribution in [1.29, 1.82) is 5.26 Å². The largest absolute Gasteiger partial charge is 0.489 e. The van der Waals surface area contributed by atoms with Gasteiger partial charge in [-0.05, 0) is 25.1 Å². The van der Waals surface area contributed by atoms with Crippen LogP contribution in [0.1, 0.15) is 32.7 Å². The molecule has 0 radical (unpaired) electrons. The molecule has 3 aromatic rings. The van der Waals surface area contributed by atoms with Gasteiger partial charge in [-0.25, -0.2) is 4.98 Å². The molecule has 0 aliphatic rings. The van der Waals surface area contributed by atoms with Crippen molar-refractivity contribution >= 4 is 17.1 Å². The standard InChI is InChI=1S/C18H14N2O3S/c1-12-11-24-18(20-12)15(9-19)16(21)17-13(7-8-22-17)10-23-14-5-3-2-4-6-14/h2-8,11,15H,10H2,1H3. The van der Waals surface area contributed by atoms with Gasteiger partial charge in [0.1, 0.15) is 17.4 Å². The summed E-state index contributed by atoms with van der Waals surface area (Å²) in [5.41, 5.74) is 1.40. The third kappa shape index (κ3) is 3.36. The highest BCUT2D eigenvalue weighted by atomic mass is 32.1. The number of hydrogen-bond acceptors (Lipinski definition) is 6. The number of ether oxygens (including phenoxy) is 1. The summed E-state index contributed by atoms with van der Waals surface area (Å²) in [6.45, 7) is 2.02. The molecule has 0 bridgehead atoms. The maximum atomic E-state index is 12.7. The number of furan rings is 1. The molecule has 2 heterocycles. The van der Waals surface area contributed by atoms with Gasteiger partial charge in [-0.2, -0.15) is 5.26 Å². The first kappa shape index (κ1) is 16.0. The van der Waals surface area contributed by atoms with Crippen LogP contribution in [0, 0.1) is 18.3 Å². The number of para-hydroxylation sites is 1. The second-order valence-electron chi connectivity index (χ2n) is 5.13. The number of Topliss-reactive ketones (excluding diaryl/α,β-unsaturated/α-hetero) is 1. The van der Waals surface area contributed by atoms with Crippen LogP contribution in [0.5, 0.6) is 5.75 Å². The first-order valence-electron chi connectivity index (χ1n) is 7.29. The number of hydrogen-bond donors (Lipinski definition) is 0. The van der Waals surface area contributed by atoms with Crippen molar-refractivity contribution in [2.75, 3.05) is 0 Å². The highest BCUT2D eigenvalue weighted by Crippen LogP contribution is 2.26. The van der Waals surface area contributed by atoms with Crippen LogP contribution in [0.15, 0.2) is 52.5 Å². The topological polar surface area (TPSA) is 76.1 Å². The van der Waals surface area contributed by atoms with E-state index in [1.54, 1.807) is 6.07 Å². The molecule has 5 nitrogen and oxygen atoms in total. The molecule has 2 aromatic heterocycles. The summed E-state index contributed by atoms with van der Waals surface area (Å²) in [6, 6.07) is 13.0. The summed E-state index contributed by atoms with van der Waals surface area (Å²) >= 11 is 1.30. The van der Waals surface area contributed by atoms with Crippen LogP contribution in [0.4, 0.5) is 0 Å². The van der Waals surface area contributed by atoms with Crippen LogP contribution in [-0.4, -0.2) is 10.8 Å². The lowest BCUT2D eigenvalue weighted by atomic mass is 10.0. The number of thiazole rings is 1. The van der Waals surface area contributed by atoms with Crippen LogP contribution in [0.25, 0.3) is 0 Å². The van der Waals surface area contributed by atoms with Gasteiger partial charge in [0.2, 0.25) is 5.78 Å². The van der Waals surface area contributed by atoms with E-state index in [1.165, 1.54) is 17.6 Å². The Bertz CT molecular complexity index is 877. The monoisotopic (exact) mass is 338 g/mol. The first-order chi connectivity index (χ1) is 11.7. The molecule has 0 aliphatic heterocycles. The maximum absolute atomic E-state index is 12.7. The molecular weight excluding hydrogens is 324 g/mol. The minimum absolute atomic E-state index is 0.144.